The highest BCUT2D eigenvalue weighted by Gasteiger charge is 1.95. The van der Waals surface area contributed by atoms with E-state index >= 15 is 0 Å². The third-order valence-electron chi connectivity index (χ3n) is 5.06. The Labute approximate surface area is 166 Å². The molecule has 0 saturated carbocycles. The molecule has 0 atom stereocenters. The van der Waals surface area contributed by atoms with Crippen molar-refractivity contribution in [1.29, 1.82) is 0 Å². The molecule has 0 heterocycles. The number of allylic oxidation sites excluding steroid dienone is 2. The van der Waals surface area contributed by atoms with Crippen LogP contribution in [0.15, 0.2) is 24.6 Å². The molecule has 0 rings (SSSR count). The van der Waals surface area contributed by atoms with Crippen molar-refractivity contribution in [3.8, 4) is 0 Å². The van der Waals surface area contributed by atoms with Gasteiger partial charge in [0.25, 0.3) is 0 Å². The fourth-order valence-corrected chi connectivity index (χ4v) is 3.25. The van der Waals surface area contributed by atoms with Gasteiger partial charge in [-0.1, -0.05) is 110 Å². The fourth-order valence-electron chi connectivity index (χ4n) is 3.25. The number of unbranched alkanes of at least 4 members (excludes halogenated alkanes) is 14. The zero-order valence-electron chi connectivity index (χ0n) is 18.5. The summed E-state index contributed by atoms with van der Waals surface area (Å²) in [6, 6.07) is 0. The van der Waals surface area contributed by atoms with E-state index in [0.29, 0.717) is 0 Å². The maximum absolute atomic E-state index is 2.42. The minimum Gasteiger partial charge on any atom is -0.355 e. The third-order valence-corrected chi connectivity index (χ3v) is 5.06. The highest BCUT2D eigenvalue weighted by molar-refractivity contribution is 4.92. The third kappa shape index (κ3) is 19.6. The fraction of sp³-hybridized carbons (Fsp3) is 0.840. The molecule has 0 fully saturated rings. The lowest BCUT2D eigenvalue weighted by Crippen LogP contribution is -2.11. The molecule has 0 radical (unpaired) electrons. The second kappa shape index (κ2) is 22.3. The summed E-state index contributed by atoms with van der Waals surface area (Å²) >= 11 is 0. The SMILES string of the molecule is CCCCCCCC/C=C/N(/C=C/CCCCCCCC)CCCCC. The van der Waals surface area contributed by atoms with E-state index in [9.17, 15) is 0 Å². The van der Waals surface area contributed by atoms with Crippen LogP contribution < -0.4 is 0 Å². The molecule has 0 aliphatic carbocycles. The van der Waals surface area contributed by atoms with Crippen LogP contribution in [0.1, 0.15) is 130 Å². The van der Waals surface area contributed by atoms with Crippen LogP contribution >= 0.6 is 0 Å². The highest BCUT2D eigenvalue weighted by atomic mass is 15.1. The normalized spacial score (nSPS) is 11.8. The maximum atomic E-state index is 2.42. The summed E-state index contributed by atoms with van der Waals surface area (Å²) in [5, 5.41) is 0. The lowest BCUT2D eigenvalue weighted by molar-refractivity contribution is 0.472. The number of hydrogen-bond donors (Lipinski definition) is 0. The van der Waals surface area contributed by atoms with Crippen molar-refractivity contribution in [2.45, 2.75) is 130 Å². The van der Waals surface area contributed by atoms with Crippen LogP contribution in [-0.2, 0) is 0 Å². The Hall–Kier alpha value is -0.720. The summed E-state index contributed by atoms with van der Waals surface area (Å²) in [6.45, 7) is 8.03. The van der Waals surface area contributed by atoms with E-state index in [0.717, 1.165) is 0 Å². The Morgan fingerprint density at radius 1 is 0.462 bits per heavy atom. The first kappa shape index (κ1) is 25.3. The van der Waals surface area contributed by atoms with Crippen LogP contribution in [0, 0.1) is 0 Å². The summed E-state index contributed by atoms with van der Waals surface area (Å²) in [6.07, 6.45) is 32.5. The molecule has 26 heavy (non-hydrogen) atoms. The Morgan fingerprint density at radius 2 is 0.846 bits per heavy atom. The van der Waals surface area contributed by atoms with Crippen molar-refractivity contribution in [3.05, 3.63) is 24.6 Å². The van der Waals surface area contributed by atoms with Crippen LogP contribution in [-0.4, -0.2) is 11.4 Å². The predicted molar refractivity (Wildman–Crippen MR) is 120 cm³/mol. The molecule has 0 saturated heterocycles. The summed E-state index contributed by atoms with van der Waals surface area (Å²) in [7, 11) is 0. The van der Waals surface area contributed by atoms with Crippen molar-refractivity contribution in [3.63, 3.8) is 0 Å². The Balaban J connectivity index is 3.90. The van der Waals surface area contributed by atoms with Crippen LogP contribution in [0.3, 0.4) is 0 Å². The van der Waals surface area contributed by atoms with Crippen LogP contribution in [0.4, 0.5) is 0 Å². The average Bonchev–Trinajstić information content (AvgIpc) is 2.65. The zero-order chi connectivity index (χ0) is 19.1. The monoisotopic (exact) mass is 363 g/mol. The van der Waals surface area contributed by atoms with Crippen molar-refractivity contribution < 1.29 is 0 Å². The van der Waals surface area contributed by atoms with Gasteiger partial charge < -0.3 is 4.90 Å². The second-order valence-corrected chi connectivity index (χ2v) is 7.83. The van der Waals surface area contributed by atoms with Crippen LogP contribution in [0.5, 0.6) is 0 Å². The summed E-state index contributed by atoms with van der Waals surface area (Å²) in [5.74, 6) is 0. The van der Waals surface area contributed by atoms with Gasteiger partial charge in [0, 0.05) is 6.54 Å². The molecule has 0 N–H and O–H groups in total. The molecular formula is C25H49N. The van der Waals surface area contributed by atoms with Gasteiger partial charge in [-0.05, 0) is 44.5 Å². The van der Waals surface area contributed by atoms with Gasteiger partial charge in [0.15, 0.2) is 0 Å². The molecule has 0 aromatic rings. The van der Waals surface area contributed by atoms with Gasteiger partial charge in [-0.2, -0.15) is 0 Å². The molecule has 0 aromatic carbocycles. The van der Waals surface area contributed by atoms with E-state index in [-0.39, 0.29) is 0 Å². The van der Waals surface area contributed by atoms with Gasteiger partial charge in [-0.25, -0.2) is 0 Å². The summed E-state index contributed by atoms with van der Waals surface area (Å²) < 4.78 is 0. The van der Waals surface area contributed by atoms with E-state index in [1.54, 1.807) is 0 Å². The maximum Gasteiger partial charge on any atom is 0.0219 e. The smallest absolute Gasteiger partial charge is 0.0219 e. The highest BCUT2D eigenvalue weighted by Crippen LogP contribution is 2.10. The van der Waals surface area contributed by atoms with Gasteiger partial charge in [-0.3, -0.25) is 0 Å². The van der Waals surface area contributed by atoms with Crippen molar-refractivity contribution in [1.82, 2.24) is 4.90 Å². The molecule has 0 aromatic heterocycles. The Morgan fingerprint density at radius 3 is 1.31 bits per heavy atom. The molecule has 0 unspecified atom stereocenters. The molecule has 0 spiro atoms. The quantitative estimate of drug-likeness (QED) is 0.195. The van der Waals surface area contributed by atoms with Crippen LogP contribution in [0.2, 0.25) is 0 Å². The lowest BCUT2D eigenvalue weighted by atomic mass is 10.1. The van der Waals surface area contributed by atoms with Gasteiger partial charge in [-0.15, -0.1) is 0 Å². The molecule has 0 amide bonds. The Bertz CT molecular complexity index is 279. The average molecular weight is 364 g/mol. The van der Waals surface area contributed by atoms with E-state index < -0.39 is 0 Å². The number of hydrogen-bond acceptors (Lipinski definition) is 1. The molecular weight excluding hydrogens is 314 g/mol. The van der Waals surface area contributed by atoms with Gasteiger partial charge in [0.2, 0.25) is 0 Å². The van der Waals surface area contributed by atoms with Crippen molar-refractivity contribution in [2.75, 3.05) is 6.54 Å². The first-order chi connectivity index (χ1) is 12.8. The van der Waals surface area contributed by atoms with Gasteiger partial charge >= 0.3 is 0 Å². The zero-order valence-corrected chi connectivity index (χ0v) is 18.5. The first-order valence-corrected chi connectivity index (χ1v) is 11.9. The minimum atomic E-state index is 1.17. The molecule has 0 aliphatic rings. The number of nitrogens with zero attached hydrogens (tertiary/aromatic N) is 1. The van der Waals surface area contributed by atoms with E-state index in [4.69, 9.17) is 0 Å². The van der Waals surface area contributed by atoms with Crippen LogP contribution in [0.25, 0.3) is 0 Å². The van der Waals surface area contributed by atoms with Crippen molar-refractivity contribution >= 4 is 0 Å². The molecule has 154 valence electrons. The predicted octanol–water partition coefficient (Wildman–Crippen LogP) is 9.01. The van der Waals surface area contributed by atoms with Gasteiger partial charge in [0.05, 0.1) is 0 Å². The van der Waals surface area contributed by atoms with E-state index in [1.807, 2.05) is 0 Å². The van der Waals surface area contributed by atoms with E-state index in [2.05, 4.69) is 50.2 Å². The lowest BCUT2D eigenvalue weighted by Gasteiger charge is -2.15. The second-order valence-electron chi connectivity index (χ2n) is 7.83. The number of rotatable bonds is 20. The summed E-state index contributed by atoms with van der Waals surface area (Å²) in [5.41, 5.74) is 0. The Kier molecular flexibility index (Phi) is 21.7. The summed E-state index contributed by atoms with van der Waals surface area (Å²) in [4.78, 5) is 2.42. The minimum absolute atomic E-state index is 1.17. The van der Waals surface area contributed by atoms with E-state index in [1.165, 1.54) is 116 Å². The first-order valence-electron chi connectivity index (χ1n) is 11.9. The van der Waals surface area contributed by atoms with Crippen molar-refractivity contribution in [2.24, 2.45) is 0 Å². The standard InChI is InChI=1S/C25H49N/c1-4-7-10-12-14-16-18-21-24-26(23-20-9-6-3)25-22-19-17-15-13-11-8-5-2/h21-22,24-25H,4-20,23H2,1-3H3/b24-21+,25-22+. The van der Waals surface area contributed by atoms with Gasteiger partial charge in [0.1, 0.15) is 0 Å². The molecule has 0 aliphatic heterocycles. The molecule has 1 heteroatoms. The molecule has 0 bridgehead atoms. The largest absolute Gasteiger partial charge is 0.355 e. The molecule has 1 nitrogen and oxygen atoms in total. The topological polar surface area (TPSA) is 3.24 Å².